The molecule has 3 aromatic rings. The molecule has 128 valence electrons. The molecule has 0 aliphatic heterocycles. The van der Waals surface area contributed by atoms with Gasteiger partial charge in [0.2, 0.25) is 0 Å². The van der Waals surface area contributed by atoms with Gasteiger partial charge >= 0.3 is 0 Å². The zero-order valence-corrected chi connectivity index (χ0v) is 14.7. The fourth-order valence-corrected chi connectivity index (χ4v) is 2.49. The number of hydrogen-bond acceptors (Lipinski definition) is 4. The Balaban J connectivity index is 1.67. The van der Waals surface area contributed by atoms with Crippen molar-refractivity contribution in [1.82, 2.24) is 14.8 Å². The van der Waals surface area contributed by atoms with Crippen molar-refractivity contribution in [3.8, 4) is 0 Å². The van der Waals surface area contributed by atoms with Crippen molar-refractivity contribution in [1.29, 1.82) is 0 Å². The molecular weight excluding hydrogens is 338 g/mol. The Labute approximate surface area is 151 Å². The van der Waals surface area contributed by atoms with E-state index in [2.05, 4.69) is 15.4 Å². The van der Waals surface area contributed by atoms with E-state index in [-0.39, 0.29) is 5.91 Å². The number of carbonyl (C=O) groups is 1. The summed E-state index contributed by atoms with van der Waals surface area (Å²) in [5, 5.41) is 7.72. The largest absolute Gasteiger partial charge is 0.363 e. The molecule has 2 heterocycles. The van der Waals surface area contributed by atoms with E-state index in [1.807, 2.05) is 55.4 Å². The monoisotopic (exact) mass is 355 g/mol. The molecule has 1 aromatic carbocycles. The summed E-state index contributed by atoms with van der Waals surface area (Å²) in [6.45, 7) is 0.506. The lowest BCUT2D eigenvalue weighted by atomic mass is 10.2. The van der Waals surface area contributed by atoms with Crippen LogP contribution in [0.2, 0.25) is 5.02 Å². The molecule has 3 rings (SSSR count). The van der Waals surface area contributed by atoms with Crippen LogP contribution in [0.3, 0.4) is 0 Å². The lowest BCUT2D eigenvalue weighted by Crippen LogP contribution is -2.13. The van der Waals surface area contributed by atoms with Gasteiger partial charge in [0, 0.05) is 25.3 Å². The van der Waals surface area contributed by atoms with Gasteiger partial charge in [-0.05, 0) is 23.8 Å². The van der Waals surface area contributed by atoms with Crippen molar-refractivity contribution in [2.24, 2.45) is 0 Å². The van der Waals surface area contributed by atoms with E-state index in [1.54, 1.807) is 17.1 Å². The Kier molecular flexibility index (Phi) is 5.00. The third kappa shape index (κ3) is 4.16. The number of amides is 1. The number of pyridine rings is 1. The van der Waals surface area contributed by atoms with Crippen LogP contribution in [0.25, 0.3) is 0 Å². The molecule has 0 bridgehead atoms. The minimum Gasteiger partial charge on any atom is -0.363 e. The molecule has 0 saturated heterocycles. The highest BCUT2D eigenvalue weighted by atomic mass is 35.5. The maximum atomic E-state index is 12.3. The van der Waals surface area contributed by atoms with Crippen molar-refractivity contribution < 1.29 is 4.79 Å². The summed E-state index contributed by atoms with van der Waals surface area (Å²) in [7, 11) is 3.82. The number of halogens is 1. The second-order valence-corrected chi connectivity index (χ2v) is 6.18. The van der Waals surface area contributed by atoms with Gasteiger partial charge in [0.15, 0.2) is 0 Å². The molecule has 0 aliphatic carbocycles. The van der Waals surface area contributed by atoms with Gasteiger partial charge in [-0.1, -0.05) is 29.8 Å². The summed E-state index contributed by atoms with van der Waals surface area (Å²) < 4.78 is 1.68. The molecule has 1 amide bonds. The van der Waals surface area contributed by atoms with Gasteiger partial charge in [-0.3, -0.25) is 9.48 Å². The minimum absolute atomic E-state index is 0.232. The van der Waals surface area contributed by atoms with Gasteiger partial charge in [0.05, 0.1) is 30.2 Å². The van der Waals surface area contributed by atoms with Crippen LogP contribution < -0.4 is 10.2 Å². The average Bonchev–Trinajstić information content (AvgIpc) is 3.06. The number of nitrogens with zero attached hydrogens (tertiary/aromatic N) is 4. The van der Waals surface area contributed by atoms with Crippen LogP contribution >= 0.6 is 11.6 Å². The summed E-state index contributed by atoms with van der Waals surface area (Å²) >= 11 is 6.15. The Morgan fingerprint density at radius 1 is 1.20 bits per heavy atom. The highest BCUT2D eigenvalue weighted by Crippen LogP contribution is 2.17. The fourth-order valence-electron chi connectivity index (χ4n) is 2.30. The van der Waals surface area contributed by atoms with Crippen molar-refractivity contribution in [3.05, 3.63) is 71.1 Å². The molecule has 7 heteroatoms. The van der Waals surface area contributed by atoms with Gasteiger partial charge in [0.1, 0.15) is 5.82 Å². The molecular formula is C18H18ClN5O. The lowest BCUT2D eigenvalue weighted by molar-refractivity contribution is 0.102. The van der Waals surface area contributed by atoms with E-state index < -0.39 is 0 Å². The maximum absolute atomic E-state index is 12.3. The molecule has 0 unspecified atom stereocenters. The second-order valence-electron chi connectivity index (χ2n) is 5.77. The molecule has 0 atom stereocenters. The van der Waals surface area contributed by atoms with Crippen LogP contribution in [0.15, 0.2) is 55.0 Å². The number of aromatic nitrogens is 3. The van der Waals surface area contributed by atoms with Crippen molar-refractivity contribution in [2.75, 3.05) is 24.3 Å². The lowest BCUT2D eigenvalue weighted by Gasteiger charge is -2.11. The number of rotatable bonds is 5. The first-order chi connectivity index (χ1) is 12.0. The second kappa shape index (κ2) is 7.36. The normalized spacial score (nSPS) is 10.5. The Bertz CT molecular complexity index is 873. The van der Waals surface area contributed by atoms with E-state index in [9.17, 15) is 4.79 Å². The van der Waals surface area contributed by atoms with Crippen molar-refractivity contribution in [2.45, 2.75) is 6.54 Å². The maximum Gasteiger partial charge on any atom is 0.258 e. The summed E-state index contributed by atoms with van der Waals surface area (Å²) in [4.78, 5) is 18.5. The summed E-state index contributed by atoms with van der Waals surface area (Å²) in [6.07, 6.45) is 4.86. The van der Waals surface area contributed by atoms with Crippen LogP contribution in [0.1, 0.15) is 15.9 Å². The Morgan fingerprint density at radius 3 is 2.68 bits per heavy atom. The Morgan fingerprint density at radius 2 is 2.00 bits per heavy atom. The van der Waals surface area contributed by atoms with E-state index in [0.29, 0.717) is 22.8 Å². The molecule has 25 heavy (non-hydrogen) atoms. The smallest absolute Gasteiger partial charge is 0.258 e. The SMILES string of the molecule is CN(C)c1ccc(NC(=O)c2cnn(Cc3ccccc3Cl)c2)cn1. The number of anilines is 2. The van der Waals surface area contributed by atoms with Crippen molar-refractivity contribution in [3.63, 3.8) is 0 Å². The predicted octanol–water partition coefficient (Wildman–Crippen LogP) is 3.30. The zero-order valence-electron chi connectivity index (χ0n) is 14.0. The summed E-state index contributed by atoms with van der Waals surface area (Å²) in [5.74, 6) is 0.593. The standard InChI is InChI=1S/C18H18ClN5O/c1-23(2)17-8-7-15(10-20-17)22-18(25)14-9-21-24(12-14)11-13-5-3-4-6-16(13)19/h3-10,12H,11H2,1-2H3,(H,22,25). The first kappa shape index (κ1) is 17.0. The molecule has 0 aliphatic rings. The third-order valence-electron chi connectivity index (χ3n) is 3.65. The topological polar surface area (TPSA) is 63.1 Å². The van der Waals surface area contributed by atoms with Gasteiger partial charge in [-0.15, -0.1) is 0 Å². The highest BCUT2D eigenvalue weighted by Gasteiger charge is 2.10. The van der Waals surface area contributed by atoms with Gasteiger partial charge in [-0.25, -0.2) is 4.98 Å². The third-order valence-corrected chi connectivity index (χ3v) is 4.02. The highest BCUT2D eigenvalue weighted by molar-refractivity contribution is 6.31. The van der Waals surface area contributed by atoms with Crippen LogP contribution in [-0.4, -0.2) is 34.8 Å². The molecule has 0 spiro atoms. The van der Waals surface area contributed by atoms with E-state index >= 15 is 0 Å². The zero-order chi connectivity index (χ0) is 17.8. The van der Waals surface area contributed by atoms with Crippen LogP contribution in [0.5, 0.6) is 0 Å². The molecule has 6 nitrogen and oxygen atoms in total. The molecule has 0 saturated carbocycles. The molecule has 0 fully saturated rings. The van der Waals surface area contributed by atoms with Crippen LogP contribution in [0.4, 0.5) is 11.5 Å². The quantitative estimate of drug-likeness (QED) is 0.762. The predicted molar refractivity (Wildman–Crippen MR) is 99.3 cm³/mol. The molecule has 2 aromatic heterocycles. The van der Waals surface area contributed by atoms with Gasteiger partial charge in [-0.2, -0.15) is 5.10 Å². The number of benzene rings is 1. The number of carbonyl (C=O) groups excluding carboxylic acids is 1. The van der Waals surface area contributed by atoms with E-state index in [1.165, 1.54) is 6.20 Å². The van der Waals surface area contributed by atoms with E-state index in [0.717, 1.165) is 11.4 Å². The van der Waals surface area contributed by atoms with Crippen molar-refractivity contribution >= 4 is 29.0 Å². The average molecular weight is 356 g/mol. The first-order valence-electron chi connectivity index (χ1n) is 7.73. The van der Waals surface area contributed by atoms with Gasteiger partial charge in [0.25, 0.3) is 5.91 Å². The molecule has 1 N–H and O–H groups in total. The van der Waals surface area contributed by atoms with Crippen LogP contribution in [0, 0.1) is 0 Å². The first-order valence-corrected chi connectivity index (χ1v) is 8.11. The van der Waals surface area contributed by atoms with E-state index in [4.69, 9.17) is 11.6 Å². The number of nitrogens with one attached hydrogen (secondary N) is 1. The molecule has 0 radical (unpaired) electrons. The number of hydrogen-bond donors (Lipinski definition) is 1. The summed E-state index contributed by atoms with van der Waals surface area (Å²) in [5.41, 5.74) is 2.06. The Hall–Kier alpha value is -2.86. The van der Waals surface area contributed by atoms with Gasteiger partial charge < -0.3 is 10.2 Å². The fraction of sp³-hybridized carbons (Fsp3) is 0.167. The minimum atomic E-state index is -0.232. The summed E-state index contributed by atoms with van der Waals surface area (Å²) in [6, 6.07) is 11.2. The van der Waals surface area contributed by atoms with Crippen LogP contribution in [-0.2, 0) is 6.54 Å².